The van der Waals surface area contributed by atoms with Crippen LogP contribution in [0.2, 0.25) is 0 Å². The number of rotatable bonds is 5. The number of methoxy groups -OCH3 is 1. The summed E-state index contributed by atoms with van der Waals surface area (Å²) in [7, 11) is 1.67. The van der Waals surface area contributed by atoms with E-state index in [-0.39, 0.29) is 0 Å². The second-order valence-electron chi connectivity index (χ2n) is 5.68. The van der Waals surface area contributed by atoms with Crippen LogP contribution in [-0.4, -0.2) is 12.2 Å². The molecule has 3 aromatic carbocycles. The molecule has 0 unspecified atom stereocenters. The summed E-state index contributed by atoms with van der Waals surface area (Å²) in [6.45, 7) is 0. The monoisotopic (exact) mass is 363 g/mol. The normalized spacial score (nSPS) is 10.5. The van der Waals surface area contributed by atoms with E-state index in [4.69, 9.17) is 9.84 Å². The van der Waals surface area contributed by atoms with Crippen LogP contribution in [0.4, 0.5) is 10.8 Å². The number of hydrogen-bond acceptors (Lipinski definition) is 4. The van der Waals surface area contributed by atoms with Crippen LogP contribution in [0.5, 0.6) is 5.75 Å². The first kappa shape index (κ1) is 16.3. The number of benzene rings is 3. The Kier molecular flexibility index (Phi) is 4.62. The van der Waals surface area contributed by atoms with Gasteiger partial charge in [-0.3, -0.25) is 0 Å². The Morgan fingerprint density at radius 3 is 2.15 bits per heavy atom. The average molecular weight is 363 g/mol. The van der Waals surface area contributed by atoms with Crippen LogP contribution in [0.3, 0.4) is 0 Å². The van der Waals surface area contributed by atoms with Gasteiger partial charge in [-0.05, 0) is 52.4 Å². The Hall–Kier alpha value is -3.18. The molecule has 4 nitrogen and oxygen atoms in total. The minimum atomic E-state index is 0.839. The van der Waals surface area contributed by atoms with E-state index < -0.39 is 0 Å². The van der Waals surface area contributed by atoms with Crippen molar-refractivity contribution in [2.75, 3.05) is 12.4 Å². The second-order valence-corrected chi connectivity index (χ2v) is 6.66. The molecule has 0 aliphatic rings. The fourth-order valence-corrected chi connectivity index (χ4v) is 3.61. The summed E-state index contributed by atoms with van der Waals surface area (Å²) in [6, 6.07) is 28.3. The zero-order valence-electron chi connectivity index (χ0n) is 14.3. The maximum absolute atomic E-state index is 5.27. The molecule has 4 rings (SSSR count). The van der Waals surface area contributed by atoms with E-state index in [1.54, 1.807) is 18.4 Å². The molecular formula is C21H18N3OS+. The lowest BCUT2D eigenvalue weighted by atomic mass is 10.2. The second kappa shape index (κ2) is 7.37. The number of nitrogens with one attached hydrogen (secondary N) is 1. The Morgan fingerprint density at radius 2 is 1.50 bits per heavy atom. The van der Waals surface area contributed by atoms with E-state index in [2.05, 4.69) is 29.6 Å². The first-order chi connectivity index (χ1) is 12.8. The van der Waals surface area contributed by atoms with Crippen molar-refractivity contribution in [3.8, 4) is 22.0 Å². The van der Waals surface area contributed by atoms with E-state index in [0.29, 0.717) is 0 Å². The molecule has 5 heteroatoms. The van der Waals surface area contributed by atoms with Gasteiger partial charge in [-0.15, -0.1) is 0 Å². The van der Waals surface area contributed by atoms with Gasteiger partial charge >= 0.3 is 5.01 Å². The van der Waals surface area contributed by atoms with Crippen LogP contribution in [-0.2, 0) is 0 Å². The molecule has 1 aromatic heterocycles. The zero-order valence-corrected chi connectivity index (χ0v) is 15.1. The first-order valence-corrected chi connectivity index (χ1v) is 9.10. The molecule has 0 saturated carbocycles. The number of hydrogen-bond donors (Lipinski definition) is 1. The predicted molar refractivity (Wildman–Crippen MR) is 105 cm³/mol. The minimum absolute atomic E-state index is 0.839. The number of para-hydroxylation sites is 2. The molecule has 1 heterocycles. The minimum Gasteiger partial charge on any atom is -0.497 e. The molecule has 4 aromatic rings. The number of ether oxygens (including phenoxy) is 1. The standard InChI is InChI=1S/C21H18N3OS/c1-25-19-14-12-16(13-15-19)20-24(18-10-6-3-7-11-18)23-21(26-20)22-17-8-4-2-5-9-17/h2-15H,1H3,(H,22,23)/q+1/i22+1,23+1,24+1. The molecule has 26 heavy (non-hydrogen) atoms. The van der Waals surface area contributed by atoms with Crippen LogP contribution in [0.15, 0.2) is 84.9 Å². The highest BCUT2D eigenvalue weighted by Crippen LogP contribution is 2.29. The highest BCUT2D eigenvalue weighted by atomic mass is 32.1. The quantitative estimate of drug-likeness (QED) is 0.407. The molecular weight excluding hydrogens is 345 g/mol. The Labute approximate surface area is 156 Å². The van der Waals surface area contributed by atoms with Gasteiger partial charge in [0.1, 0.15) is 5.75 Å². The van der Waals surface area contributed by atoms with Gasteiger partial charge in [0.2, 0.25) is 5.69 Å². The van der Waals surface area contributed by atoms with Gasteiger partial charge in [-0.1, -0.05) is 36.4 Å². The lowest BCUT2D eigenvalue weighted by molar-refractivity contribution is -0.642. The maximum Gasteiger partial charge on any atom is 0.304 e. The fraction of sp³-hybridized carbons (Fsp3) is 0.0476. The van der Waals surface area contributed by atoms with Crippen LogP contribution < -0.4 is 14.7 Å². The number of aromatic nitrogens is 2. The molecule has 0 bridgehead atoms. The molecule has 128 valence electrons. The van der Waals surface area contributed by atoms with Gasteiger partial charge in [0, 0.05) is 22.9 Å². The van der Waals surface area contributed by atoms with E-state index in [1.807, 2.05) is 65.3 Å². The summed E-state index contributed by atoms with van der Waals surface area (Å²) >= 11 is 1.62. The van der Waals surface area contributed by atoms with Crippen molar-refractivity contribution in [2.24, 2.45) is 0 Å². The highest BCUT2D eigenvalue weighted by Gasteiger charge is 2.24. The lowest BCUT2D eigenvalue weighted by Crippen LogP contribution is -2.34. The summed E-state index contributed by atoms with van der Waals surface area (Å²) in [5, 5.41) is 10.1. The third kappa shape index (κ3) is 3.43. The van der Waals surface area contributed by atoms with Crippen LogP contribution >= 0.6 is 11.3 Å². The topological polar surface area (TPSA) is 38.0 Å². The Bertz CT molecular complexity index is 983. The molecule has 0 saturated heterocycles. The molecule has 0 amide bonds. The highest BCUT2D eigenvalue weighted by molar-refractivity contribution is 7.18. The molecule has 0 aliphatic carbocycles. The molecule has 0 aliphatic heterocycles. The maximum atomic E-state index is 5.27. The number of anilines is 2. The van der Waals surface area contributed by atoms with E-state index >= 15 is 0 Å². The third-order valence-electron chi connectivity index (χ3n) is 3.94. The third-order valence-corrected chi connectivity index (χ3v) is 4.92. The van der Waals surface area contributed by atoms with Crippen molar-refractivity contribution in [2.45, 2.75) is 0 Å². The van der Waals surface area contributed by atoms with E-state index in [0.717, 1.165) is 32.8 Å². The van der Waals surface area contributed by atoms with Gasteiger partial charge < -0.3 is 10.1 Å². The van der Waals surface area contributed by atoms with E-state index in [1.165, 1.54) is 0 Å². The summed E-state index contributed by atoms with van der Waals surface area (Å²) in [4.78, 5) is 0. The van der Waals surface area contributed by atoms with Gasteiger partial charge in [-0.2, -0.15) is 0 Å². The van der Waals surface area contributed by atoms with Gasteiger partial charge in [0.25, 0.3) is 5.13 Å². The van der Waals surface area contributed by atoms with Gasteiger partial charge in [-0.25, -0.2) is 0 Å². The van der Waals surface area contributed by atoms with Crippen LogP contribution in [0.1, 0.15) is 0 Å². The van der Waals surface area contributed by atoms with Crippen molar-refractivity contribution in [1.82, 2.24) is 5.10 Å². The number of nitrogens with zero attached hydrogens (tertiary/aromatic N) is 2. The molecule has 0 fully saturated rings. The van der Waals surface area contributed by atoms with Crippen molar-refractivity contribution >= 4 is 22.2 Å². The van der Waals surface area contributed by atoms with Crippen molar-refractivity contribution in [3.63, 3.8) is 0 Å². The molecule has 0 spiro atoms. The van der Waals surface area contributed by atoms with E-state index in [9.17, 15) is 0 Å². The summed E-state index contributed by atoms with van der Waals surface area (Å²) in [5.41, 5.74) is 3.13. The van der Waals surface area contributed by atoms with Crippen molar-refractivity contribution < 1.29 is 9.42 Å². The molecule has 1 N–H and O–H groups in total. The average Bonchev–Trinajstić information content (AvgIpc) is 3.13. The van der Waals surface area contributed by atoms with Crippen molar-refractivity contribution in [1.29, 1.82) is 0 Å². The van der Waals surface area contributed by atoms with Gasteiger partial charge in [0.15, 0.2) is 0 Å². The molecule has 0 radical (unpaired) electrons. The summed E-state index contributed by atoms with van der Waals surface area (Å²) in [6.07, 6.45) is 0. The van der Waals surface area contributed by atoms with Gasteiger partial charge in [0.05, 0.1) is 12.7 Å². The zero-order chi connectivity index (χ0) is 17.8. The summed E-state index contributed by atoms with van der Waals surface area (Å²) < 4.78 is 7.24. The van der Waals surface area contributed by atoms with Crippen molar-refractivity contribution in [3.05, 3.63) is 84.9 Å². The fourth-order valence-electron chi connectivity index (χ4n) is 2.65. The molecule has 0 atom stereocenters. The Balaban J connectivity index is 1.77. The SMILES string of the molecule is COc1ccc(-c2sc([15NH]c3ccccc3)[15n][15n+]2-c2ccccc2)cc1. The van der Waals surface area contributed by atoms with Crippen LogP contribution in [0.25, 0.3) is 16.3 Å². The smallest absolute Gasteiger partial charge is 0.304 e. The first-order valence-electron chi connectivity index (χ1n) is 8.28. The Morgan fingerprint density at radius 1 is 0.846 bits per heavy atom. The largest absolute Gasteiger partial charge is 0.497 e. The lowest BCUT2D eigenvalue weighted by Gasteiger charge is -1.99. The van der Waals surface area contributed by atoms with Crippen LogP contribution in [0, 0.1) is 0 Å². The summed E-state index contributed by atoms with van der Waals surface area (Å²) in [5.74, 6) is 0.840. The predicted octanol–water partition coefficient (Wildman–Crippen LogP) is 4.84.